The van der Waals surface area contributed by atoms with Gasteiger partial charge in [0.1, 0.15) is 31.4 Å². The number of carbonyl (C=O) groups is 9. The smallest absolute Gasteiger partial charge is 0.406 e. The Labute approximate surface area is 626 Å². The minimum absolute atomic E-state index is 0.0332. The quantitative estimate of drug-likeness (QED) is 0.0156. The molecular formula is C73H71F15N7O17+. The molecule has 3 aliphatic rings. The zero-order chi connectivity index (χ0) is 84.4. The van der Waals surface area contributed by atoms with Gasteiger partial charge in [0.05, 0.1) is 27.7 Å². The maximum atomic E-state index is 14.0. The number of nitrogens with two attached hydrogens (primary N) is 1. The Kier molecular flexibility index (Phi) is 34.4. The lowest BCUT2D eigenvalue weighted by molar-refractivity contribution is -0.404. The molecule has 0 saturated heterocycles. The van der Waals surface area contributed by atoms with Crippen LogP contribution in [0.15, 0.2) is 140 Å². The number of hydrogen-bond donors (Lipinski definition) is 7. The van der Waals surface area contributed by atoms with Crippen LogP contribution in [-0.2, 0) is 38.2 Å². The molecule has 0 radical (unpaired) electrons. The third-order valence-corrected chi connectivity index (χ3v) is 15.4. The molecule has 6 aromatic rings. The number of carboxylic acid groups (broad SMARTS) is 2. The van der Waals surface area contributed by atoms with E-state index in [4.69, 9.17) is 25.4 Å². The second-order valence-corrected chi connectivity index (χ2v) is 24.2. The summed E-state index contributed by atoms with van der Waals surface area (Å²) in [5, 5.41) is 47.6. The molecular weight excluding hydrogens is 1530 g/mol. The molecule has 10 N–H and O–H groups in total. The monoisotopic (exact) mass is 1600 g/mol. The Bertz CT molecular complexity index is 4280. The van der Waals surface area contributed by atoms with Crippen molar-refractivity contribution >= 4 is 76.2 Å². The Morgan fingerprint density at radius 1 is 0.589 bits per heavy atom. The number of phenolic OH excluding ortho intramolecular Hbond substituents is 1. The van der Waals surface area contributed by atoms with Crippen LogP contribution < -0.4 is 16.8 Å². The zero-order valence-electron chi connectivity index (χ0n) is 59.2. The summed E-state index contributed by atoms with van der Waals surface area (Å²) >= 11 is 0. The first-order valence-corrected chi connectivity index (χ1v) is 32.6. The highest BCUT2D eigenvalue weighted by Crippen LogP contribution is 2.32. The molecule has 0 saturated carbocycles. The number of benzene rings is 6. The summed E-state index contributed by atoms with van der Waals surface area (Å²) in [6, 6.07) is 22.3. The van der Waals surface area contributed by atoms with E-state index in [0.29, 0.717) is 21.0 Å². The van der Waals surface area contributed by atoms with Gasteiger partial charge < -0.3 is 61.4 Å². The highest BCUT2D eigenvalue weighted by atomic mass is 19.4. The van der Waals surface area contributed by atoms with Gasteiger partial charge in [-0.25, -0.2) is 45.5 Å². The van der Waals surface area contributed by atoms with Crippen LogP contribution in [0.2, 0.25) is 0 Å². The van der Waals surface area contributed by atoms with Crippen molar-refractivity contribution in [1.29, 1.82) is 0 Å². The average Bonchev–Trinajstić information content (AvgIpc) is 1.63. The van der Waals surface area contributed by atoms with Crippen LogP contribution in [0.3, 0.4) is 0 Å². The fourth-order valence-corrected chi connectivity index (χ4v) is 10.1. The SMILES string of the molecule is CC(=O)NC1CC=C(c2cccc(F)c2F)CN(CC(F)(F)F)C1=O.CCO.Cc1ccc(C(=O)OC(C(=O)O)C(OC(=O)c2ccc(C)cc2)C(=O)O)cc1.NC1CC=C(c2cccc(F)c2F)CN(CC(F)(F)F)C1=O.O=Cc1cc([N+](=O)[O-])ccc1O.[NH3+][C@H]1CC=C(c2cccc(F)c2F)CN(CC(F)(F)F)C1=O. The molecule has 0 aromatic heterocycles. The topological polar surface area (TPSA) is 372 Å². The Balaban J connectivity index is 0.000000298. The Morgan fingerprint density at radius 2 is 0.938 bits per heavy atom. The fourth-order valence-electron chi connectivity index (χ4n) is 10.1. The van der Waals surface area contributed by atoms with Crippen molar-refractivity contribution in [2.45, 2.75) is 95.8 Å². The van der Waals surface area contributed by atoms with Gasteiger partial charge in [-0.15, -0.1) is 0 Å². The molecule has 9 rings (SSSR count). The highest BCUT2D eigenvalue weighted by Gasteiger charge is 2.43. The lowest BCUT2D eigenvalue weighted by Gasteiger charge is -2.26. The van der Waals surface area contributed by atoms with Gasteiger partial charge in [-0.05, 0) is 98.9 Å². The van der Waals surface area contributed by atoms with E-state index in [0.717, 1.165) is 54.4 Å². The standard InChI is InChI=1S/C20H18O8.C16H15F5N2O2.2C14H13F5N2O.C7H5NO4.C2H6O/c1-11-3-7-13(8-4-11)19(25)27-15(17(21)22)16(18(23)24)28-20(26)14-9-5-12(2)6-10-14;1-9(24)22-13-6-5-10(11-3-2-4-12(17)14(11)18)7-23(15(13)25)8-16(19,20)21;2*15-10-3-1-2-9(12(10)16)8-4-5-11(20)13(22)21(6-8)7-14(17,18)19;9-4-5-3-6(8(11)12)1-2-7(5)10;1-2-3/h3-10,15-16H,1-2H3,(H,21,22)(H,23,24);2-5,13H,6-8H2,1H3,(H,22,24);2*1-4,11H,5-7,20H2;1-4,10H;3H,2H2,1H3/p+1/t;;11-;;;/m..0.../s1. The van der Waals surface area contributed by atoms with Gasteiger partial charge in [0, 0.05) is 68.4 Å². The summed E-state index contributed by atoms with van der Waals surface area (Å²) in [4.78, 5) is 116. The number of carbonyl (C=O) groups excluding carboxylic acids is 7. The van der Waals surface area contributed by atoms with E-state index in [1.807, 2.05) is 0 Å². The number of non-ortho nitro benzene ring substituents is 1. The van der Waals surface area contributed by atoms with E-state index in [1.165, 1.54) is 78.9 Å². The van der Waals surface area contributed by atoms with Gasteiger partial charge in [-0.1, -0.05) is 90.0 Å². The van der Waals surface area contributed by atoms with Crippen LogP contribution in [0.5, 0.6) is 5.75 Å². The number of aliphatic carboxylic acids is 2. The first-order valence-electron chi connectivity index (χ1n) is 32.6. The molecule has 39 heteroatoms. The summed E-state index contributed by atoms with van der Waals surface area (Å²) in [6.45, 7) is 0.672. The van der Waals surface area contributed by atoms with Crippen LogP contribution in [0.4, 0.5) is 71.5 Å². The van der Waals surface area contributed by atoms with E-state index >= 15 is 0 Å². The van der Waals surface area contributed by atoms with Gasteiger partial charge >= 0.3 is 42.4 Å². The van der Waals surface area contributed by atoms with Crippen LogP contribution >= 0.6 is 0 Å². The molecule has 0 fully saturated rings. The molecule has 0 bridgehead atoms. The fraction of sp³-hybridized carbons (Fsp3) is 0.301. The zero-order valence-corrected chi connectivity index (χ0v) is 59.2. The summed E-state index contributed by atoms with van der Waals surface area (Å²) in [6.07, 6.45) is -13.9. The number of aromatic hydroxyl groups is 1. The third kappa shape index (κ3) is 28.8. The molecule has 4 unspecified atom stereocenters. The van der Waals surface area contributed by atoms with Crippen LogP contribution in [0.25, 0.3) is 16.7 Å². The number of aliphatic hydroxyl groups is 1. The second-order valence-electron chi connectivity index (χ2n) is 24.2. The first-order chi connectivity index (χ1) is 52.2. The number of alkyl halides is 9. The Hall–Kier alpha value is -12.0. The number of nitro benzene ring substituents is 1. The molecule has 0 aliphatic carbocycles. The Morgan fingerprint density at radius 3 is 1.28 bits per heavy atom. The predicted octanol–water partition coefficient (Wildman–Crippen LogP) is 10.2. The number of halogens is 15. The highest BCUT2D eigenvalue weighted by molar-refractivity contribution is 5.96. The predicted molar refractivity (Wildman–Crippen MR) is 366 cm³/mol. The van der Waals surface area contributed by atoms with Gasteiger partial charge in [-0.2, -0.15) is 39.5 Å². The van der Waals surface area contributed by atoms with Crippen molar-refractivity contribution in [3.63, 3.8) is 0 Å². The van der Waals surface area contributed by atoms with Crippen molar-refractivity contribution in [2.75, 3.05) is 45.9 Å². The van der Waals surface area contributed by atoms with Crippen molar-refractivity contribution in [3.05, 3.63) is 229 Å². The van der Waals surface area contributed by atoms with Crippen molar-refractivity contribution in [1.82, 2.24) is 20.0 Å². The third-order valence-electron chi connectivity index (χ3n) is 15.4. The number of esters is 2. The van der Waals surface area contributed by atoms with Gasteiger partial charge in [0.15, 0.2) is 47.2 Å². The van der Waals surface area contributed by atoms with Crippen molar-refractivity contribution in [3.8, 4) is 5.75 Å². The molecule has 0 spiro atoms. The molecule has 604 valence electrons. The number of rotatable bonds is 16. The van der Waals surface area contributed by atoms with Crippen molar-refractivity contribution in [2.24, 2.45) is 5.73 Å². The number of aldehydes is 1. The van der Waals surface area contributed by atoms with E-state index in [9.17, 15) is 129 Å². The second kappa shape index (κ2) is 41.7. The number of aryl methyl sites for hydroxylation is 2. The van der Waals surface area contributed by atoms with Gasteiger partial charge in [0.25, 0.3) is 11.6 Å². The van der Waals surface area contributed by atoms with Crippen molar-refractivity contribution < 1.29 is 150 Å². The minimum atomic E-state index is -4.67. The number of nitrogens with zero attached hydrogens (tertiary/aromatic N) is 4. The molecule has 24 nitrogen and oxygen atoms in total. The van der Waals surface area contributed by atoms with Crippen LogP contribution in [0, 0.1) is 58.9 Å². The number of nitrogens with one attached hydrogen (secondary N) is 1. The van der Waals surface area contributed by atoms with Gasteiger partial charge in [-0.3, -0.25) is 34.1 Å². The van der Waals surface area contributed by atoms with Gasteiger partial charge in [0.2, 0.25) is 29.9 Å². The minimum Gasteiger partial charge on any atom is -0.507 e. The number of carboxylic acids is 2. The molecule has 6 aromatic carbocycles. The maximum Gasteiger partial charge on any atom is 0.406 e. The lowest BCUT2D eigenvalue weighted by Crippen LogP contribution is -2.67. The molecule has 4 amide bonds. The summed E-state index contributed by atoms with van der Waals surface area (Å²) < 4.78 is 205. The summed E-state index contributed by atoms with van der Waals surface area (Å²) in [5.74, 6) is -15.9. The molecule has 112 heavy (non-hydrogen) atoms. The summed E-state index contributed by atoms with van der Waals surface area (Å²) in [5.41, 5.74) is 10.3. The summed E-state index contributed by atoms with van der Waals surface area (Å²) in [7, 11) is 0. The van der Waals surface area contributed by atoms with Crippen LogP contribution in [0.1, 0.15) is 92.0 Å². The largest absolute Gasteiger partial charge is 0.507 e. The molecule has 3 aliphatic heterocycles. The lowest BCUT2D eigenvalue weighted by atomic mass is 10.0. The number of hydrogen-bond acceptors (Lipinski definition) is 16. The van der Waals surface area contributed by atoms with Crippen LogP contribution in [-0.4, -0.2) is 189 Å². The molecule has 5 atom stereocenters. The molecule has 3 heterocycles. The number of aliphatic hydroxyl groups excluding tert-OH is 1. The van der Waals surface area contributed by atoms with E-state index in [-0.39, 0.29) is 87.4 Å². The number of phenols is 1. The van der Waals surface area contributed by atoms with E-state index in [2.05, 4.69) is 11.1 Å². The average molecular weight is 1600 g/mol. The van der Waals surface area contributed by atoms with E-state index < -0.39 is 175 Å². The number of quaternary nitrogens is 1. The number of nitro groups is 1. The number of ether oxygens (including phenoxy) is 2. The van der Waals surface area contributed by atoms with E-state index in [1.54, 1.807) is 45.0 Å². The normalized spacial score (nSPS) is 16.3. The number of amides is 4. The maximum absolute atomic E-state index is 14.0. The first kappa shape index (κ1) is 92.4.